The molecule has 0 spiro atoms. The van der Waals surface area contributed by atoms with E-state index in [1.165, 1.54) is 18.5 Å². The summed E-state index contributed by atoms with van der Waals surface area (Å²) in [5.74, 6) is -0.790. The van der Waals surface area contributed by atoms with Crippen LogP contribution in [0.1, 0.15) is 28.9 Å². The molecule has 1 aromatic heterocycles. The van der Waals surface area contributed by atoms with Crippen molar-refractivity contribution in [3.8, 4) is 5.69 Å². The second-order valence-corrected chi connectivity index (χ2v) is 6.11. The first-order valence-corrected chi connectivity index (χ1v) is 8.05. The van der Waals surface area contributed by atoms with Crippen LogP contribution in [0.15, 0.2) is 59.6 Å². The zero-order valence-corrected chi connectivity index (χ0v) is 14.4. The van der Waals surface area contributed by atoms with E-state index in [4.69, 9.17) is 0 Å². The molecule has 0 aliphatic carbocycles. The van der Waals surface area contributed by atoms with Gasteiger partial charge in [0.25, 0.3) is 5.91 Å². The highest BCUT2D eigenvalue weighted by molar-refractivity contribution is 9.10. The molecule has 3 rings (SSSR count). The van der Waals surface area contributed by atoms with Crippen LogP contribution in [-0.2, 0) is 0 Å². The maximum Gasteiger partial charge on any atom is 0.251 e. The van der Waals surface area contributed by atoms with Crippen LogP contribution in [0.25, 0.3) is 5.69 Å². The molecule has 0 saturated carbocycles. The van der Waals surface area contributed by atoms with Gasteiger partial charge in [-0.25, -0.2) is 14.1 Å². The van der Waals surface area contributed by atoms with Crippen LogP contribution in [0.2, 0.25) is 0 Å². The van der Waals surface area contributed by atoms with Crippen LogP contribution in [0, 0.1) is 5.82 Å². The van der Waals surface area contributed by atoms with E-state index in [2.05, 4.69) is 31.3 Å². The molecule has 1 unspecified atom stereocenters. The molecule has 7 heteroatoms. The average molecular weight is 389 g/mol. The van der Waals surface area contributed by atoms with Gasteiger partial charge in [-0.3, -0.25) is 4.79 Å². The van der Waals surface area contributed by atoms with Gasteiger partial charge in [-0.15, -0.1) is 0 Å². The summed E-state index contributed by atoms with van der Waals surface area (Å²) in [6, 6.07) is 11.7. The Bertz CT molecular complexity index is 850. The van der Waals surface area contributed by atoms with E-state index >= 15 is 0 Å². The van der Waals surface area contributed by atoms with Gasteiger partial charge in [-0.1, -0.05) is 12.1 Å². The fourth-order valence-corrected chi connectivity index (χ4v) is 2.50. The van der Waals surface area contributed by atoms with Gasteiger partial charge in [-0.05, 0) is 58.7 Å². The van der Waals surface area contributed by atoms with E-state index < -0.39 is 5.82 Å². The topological polar surface area (TPSA) is 59.8 Å². The molecule has 1 amide bonds. The molecular weight excluding hydrogens is 375 g/mol. The van der Waals surface area contributed by atoms with E-state index in [1.54, 1.807) is 17.1 Å². The smallest absolute Gasteiger partial charge is 0.251 e. The molecule has 122 valence electrons. The van der Waals surface area contributed by atoms with Gasteiger partial charge in [0.2, 0.25) is 0 Å². The number of halogens is 2. The van der Waals surface area contributed by atoms with Crippen molar-refractivity contribution in [2.24, 2.45) is 0 Å². The van der Waals surface area contributed by atoms with E-state index in [0.29, 0.717) is 4.47 Å². The fraction of sp³-hybridized carbons (Fsp3) is 0.118. The Morgan fingerprint density at radius 3 is 2.62 bits per heavy atom. The van der Waals surface area contributed by atoms with Crippen LogP contribution in [0.5, 0.6) is 0 Å². The van der Waals surface area contributed by atoms with Crippen molar-refractivity contribution in [3.05, 3.63) is 76.5 Å². The van der Waals surface area contributed by atoms with Gasteiger partial charge >= 0.3 is 0 Å². The molecule has 0 fully saturated rings. The van der Waals surface area contributed by atoms with Crippen molar-refractivity contribution in [1.29, 1.82) is 0 Å². The SMILES string of the molecule is CC(NC(=O)c1ccc(Br)c(F)c1)c1ccc(-n2cncn2)cc1. The number of aromatic nitrogens is 3. The van der Waals surface area contributed by atoms with Crippen LogP contribution in [0.3, 0.4) is 0 Å². The Labute approximate surface area is 146 Å². The number of rotatable bonds is 4. The Kier molecular flexibility index (Phi) is 4.71. The van der Waals surface area contributed by atoms with Gasteiger partial charge in [0.1, 0.15) is 18.5 Å². The number of hydrogen-bond acceptors (Lipinski definition) is 3. The highest BCUT2D eigenvalue weighted by atomic mass is 79.9. The minimum absolute atomic E-state index is 0.214. The number of nitrogens with zero attached hydrogens (tertiary/aromatic N) is 3. The second-order valence-electron chi connectivity index (χ2n) is 5.26. The van der Waals surface area contributed by atoms with E-state index in [0.717, 1.165) is 11.3 Å². The van der Waals surface area contributed by atoms with Gasteiger partial charge in [-0.2, -0.15) is 5.10 Å². The summed E-state index contributed by atoms with van der Waals surface area (Å²) >= 11 is 3.07. The van der Waals surface area contributed by atoms with E-state index in [1.807, 2.05) is 31.2 Å². The monoisotopic (exact) mass is 388 g/mol. The number of amides is 1. The number of carbonyl (C=O) groups excluding carboxylic acids is 1. The quantitative estimate of drug-likeness (QED) is 0.741. The summed E-state index contributed by atoms with van der Waals surface area (Å²) in [7, 11) is 0. The first-order valence-electron chi connectivity index (χ1n) is 7.25. The van der Waals surface area contributed by atoms with Gasteiger partial charge in [0.05, 0.1) is 16.2 Å². The van der Waals surface area contributed by atoms with Crippen molar-refractivity contribution in [3.63, 3.8) is 0 Å². The average Bonchev–Trinajstić information content (AvgIpc) is 3.12. The van der Waals surface area contributed by atoms with Crippen molar-refractivity contribution in [1.82, 2.24) is 20.1 Å². The van der Waals surface area contributed by atoms with Crippen molar-refractivity contribution >= 4 is 21.8 Å². The second kappa shape index (κ2) is 6.92. The Morgan fingerprint density at radius 2 is 2.00 bits per heavy atom. The zero-order valence-electron chi connectivity index (χ0n) is 12.8. The Balaban J connectivity index is 1.71. The highest BCUT2D eigenvalue weighted by Crippen LogP contribution is 2.18. The molecule has 0 saturated heterocycles. The molecule has 1 heterocycles. The lowest BCUT2D eigenvalue weighted by Gasteiger charge is -2.15. The normalized spacial score (nSPS) is 12.0. The minimum Gasteiger partial charge on any atom is -0.346 e. The summed E-state index contributed by atoms with van der Waals surface area (Å²) in [5, 5.41) is 6.92. The summed E-state index contributed by atoms with van der Waals surface area (Å²) in [6.45, 7) is 1.87. The molecule has 5 nitrogen and oxygen atoms in total. The molecule has 3 aromatic rings. The third-order valence-electron chi connectivity index (χ3n) is 3.61. The molecule has 0 aliphatic heterocycles. The van der Waals surface area contributed by atoms with Gasteiger partial charge in [0.15, 0.2) is 0 Å². The number of carbonyl (C=O) groups is 1. The molecule has 1 N–H and O–H groups in total. The summed E-state index contributed by atoms with van der Waals surface area (Å²) in [6.07, 6.45) is 3.08. The third kappa shape index (κ3) is 3.51. The third-order valence-corrected chi connectivity index (χ3v) is 4.25. The zero-order chi connectivity index (χ0) is 17.1. The first kappa shape index (κ1) is 16.3. The lowest BCUT2D eigenvalue weighted by Crippen LogP contribution is -2.26. The van der Waals surface area contributed by atoms with E-state index in [9.17, 15) is 9.18 Å². The molecule has 0 radical (unpaired) electrons. The number of nitrogens with one attached hydrogen (secondary N) is 1. The molecule has 0 bridgehead atoms. The number of hydrogen-bond donors (Lipinski definition) is 1. The van der Waals surface area contributed by atoms with Crippen molar-refractivity contribution < 1.29 is 9.18 Å². The highest BCUT2D eigenvalue weighted by Gasteiger charge is 2.13. The molecule has 0 aliphatic rings. The maximum atomic E-state index is 13.5. The largest absolute Gasteiger partial charge is 0.346 e. The Hall–Kier alpha value is -2.54. The van der Waals surface area contributed by atoms with Crippen LogP contribution >= 0.6 is 15.9 Å². The summed E-state index contributed by atoms with van der Waals surface area (Å²) in [4.78, 5) is 16.1. The van der Waals surface area contributed by atoms with Gasteiger partial charge < -0.3 is 5.32 Å². The maximum absolute atomic E-state index is 13.5. The predicted octanol–water partition coefficient (Wildman–Crippen LogP) is 3.66. The number of benzene rings is 2. The fourth-order valence-electron chi connectivity index (χ4n) is 2.26. The molecule has 2 aromatic carbocycles. The molecular formula is C17H14BrFN4O. The minimum atomic E-state index is -0.465. The molecule has 1 atom stereocenters. The van der Waals surface area contributed by atoms with Gasteiger partial charge in [0, 0.05) is 5.56 Å². The summed E-state index contributed by atoms with van der Waals surface area (Å²) < 4.78 is 15.5. The van der Waals surface area contributed by atoms with Crippen LogP contribution < -0.4 is 5.32 Å². The van der Waals surface area contributed by atoms with E-state index in [-0.39, 0.29) is 17.5 Å². The lowest BCUT2D eigenvalue weighted by atomic mass is 10.1. The van der Waals surface area contributed by atoms with Crippen LogP contribution in [0.4, 0.5) is 4.39 Å². The standard InChI is InChI=1S/C17H14BrFN4O/c1-11(22-17(24)13-4-7-15(18)16(19)8-13)12-2-5-14(6-3-12)23-10-20-9-21-23/h2-11H,1H3,(H,22,24). The summed E-state index contributed by atoms with van der Waals surface area (Å²) in [5.41, 5.74) is 2.09. The van der Waals surface area contributed by atoms with Crippen LogP contribution in [-0.4, -0.2) is 20.7 Å². The first-order chi connectivity index (χ1) is 11.5. The van der Waals surface area contributed by atoms with Crippen molar-refractivity contribution in [2.45, 2.75) is 13.0 Å². The van der Waals surface area contributed by atoms with Crippen molar-refractivity contribution in [2.75, 3.05) is 0 Å². The lowest BCUT2D eigenvalue weighted by molar-refractivity contribution is 0.0939. The Morgan fingerprint density at radius 1 is 1.25 bits per heavy atom. The predicted molar refractivity (Wildman–Crippen MR) is 91.3 cm³/mol. The molecule has 24 heavy (non-hydrogen) atoms.